The Morgan fingerprint density at radius 1 is 1.21 bits per heavy atom. The van der Waals surface area contributed by atoms with Crippen molar-refractivity contribution in [1.29, 1.82) is 0 Å². The van der Waals surface area contributed by atoms with E-state index in [2.05, 4.69) is 39.9 Å². The second kappa shape index (κ2) is 4.81. The molecular weight excluding hydrogens is 174 g/mol. The van der Waals surface area contributed by atoms with Crippen LogP contribution >= 0.6 is 0 Å². The molecule has 0 aliphatic heterocycles. The zero-order valence-corrected chi connectivity index (χ0v) is 10.5. The van der Waals surface area contributed by atoms with Gasteiger partial charge in [0.05, 0.1) is 0 Å². The van der Waals surface area contributed by atoms with Gasteiger partial charge in [-0.3, -0.25) is 4.79 Å². The Morgan fingerprint density at radius 3 is 2.07 bits per heavy atom. The first-order valence-corrected chi connectivity index (χ1v) is 5.47. The van der Waals surface area contributed by atoms with Gasteiger partial charge >= 0.3 is 0 Å². The van der Waals surface area contributed by atoms with Crippen molar-refractivity contribution in [2.45, 2.75) is 66.3 Å². The summed E-state index contributed by atoms with van der Waals surface area (Å²) < 4.78 is 0. The predicted molar refractivity (Wildman–Crippen MR) is 61.2 cm³/mol. The van der Waals surface area contributed by atoms with Gasteiger partial charge in [-0.15, -0.1) is 0 Å². The minimum Gasteiger partial charge on any atom is -0.351 e. The normalized spacial score (nSPS) is 12.7. The fourth-order valence-electron chi connectivity index (χ4n) is 2.48. The third kappa shape index (κ3) is 6.01. The van der Waals surface area contributed by atoms with Crippen LogP contribution in [-0.4, -0.2) is 11.4 Å². The van der Waals surface area contributed by atoms with Crippen molar-refractivity contribution in [1.82, 2.24) is 5.32 Å². The third-order valence-electron chi connectivity index (χ3n) is 2.36. The van der Waals surface area contributed by atoms with Crippen LogP contribution in [0.2, 0.25) is 0 Å². The summed E-state index contributed by atoms with van der Waals surface area (Å²) >= 11 is 0. The highest BCUT2D eigenvalue weighted by molar-refractivity contribution is 5.73. The van der Waals surface area contributed by atoms with E-state index in [4.69, 9.17) is 0 Å². The van der Waals surface area contributed by atoms with Crippen LogP contribution in [0.4, 0.5) is 0 Å². The summed E-state index contributed by atoms with van der Waals surface area (Å²) in [6, 6.07) is 0. The summed E-state index contributed by atoms with van der Waals surface area (Å²) in [5.41, 5.74) is 0.213. The maximum absolute atomic E-state index is 11.0. The monoisotopic (exact) mass is 199 g/mol. The first kappa shape index (κ1) is 13.5. The van der Waals surface area contributed by atoms with Gasteiger partial charge in [-0.2, -0.15) is 0 Å². The molecule has 84 valence electrons. The van der Waals surface area contributed by atoms with Gasteiger partial charge in [0.15, 0.2) is 0 Å². The first-order chi connectivity index (χ1) is 6.18. The van der Waals surface area contributed by atoms with Crippen molar-refractivity contribution in [2.24, 2.45) is 5.41 Å². The summed E-state index contributed by atoms with van der Waals surface area (Å²) in [7, 11) is 0. The summed E-state index contributed by atoms with van der Waals surface area (Å²) in [4.78, 5) is 11.0. The molecule has 0 heterocycles. The van der Waals surface area contributed by atoms with Crippen molar-refractivity contribution >= 4 is 5.91 Å². The van der Waals surface area contributed by atoms with E-state index in [0.717, 1.165) is 6.42 Å². The molecule has 0 fully saturated rings. The quantitative estimate of drug-likeness (QED) is 0.724. The van der Waals surface area contributed by atoms with Crippen LogP contribution in [0.5, 0.6) is 0 Å². The molecule has 0 bridgehead atoms. The van der Waals surface area contributed by atoms with Crippen molar-refractivity contribution in [3.63, 3.8) is 0 Å². The zero-order chi connectivity index (χ0) is 11.4. The lowest BCUT2D eigenvalue weighted by molar-refractivity contribution is -0.120. The van der Waals surface area contributed by atoms with Gasteiger partial charge in [-0.05, 0) is 32.1 Å². The van der Waals surface area contributed by atoms with E-state index >= 15 is 0 Å². The summed E-state index contributed by atoms with van der Waals surface area (Å²) in [5, 5.41) is 2.99. The molecule has 0 radical (unpaired) electrons. The molecule has 2 nitrogen and oxygen atoms in total. The number of amides is 1. The van der Waals surface area contributed by atoms with Crippen molar-refractivity contribution in [2.75, 3.05) is 0 Å². The van der Waals surface area contributed by atoms with Gasteiger partial charge < -0.3 is 5.32 Å². The molecule has 1 N–H and O–H groups in total. The average molecular weight is 199 g/mol. The fraction of sp³-hybridized carbons (Fsp3) is 0.917. The molecule has 0 aromatic rings. The summed E-state index contributed by atoms with van der Waals surface area (Å²) in [6.45, 7) is 12.5. The molecule has 0 aliphatic rings. The van der Waals surface area contributed by atoms with E-state index in [9.17, 15) is 4.79 Å². The minimum absolute atomic E-state index is 0.0577. The summed E-state index contributed by atoms with van der Waals surface area (Å²) in [5.74, 6) is 0.0577. The molecule has 0 aromatic heterocycles. The van der Waals surface area contributed by atoms with E-state index in [1.165, 1.54) is 12.8 Å². The average Bonchev–Trinajstić information content (AvgIpc) is 1.78. The smallest absolute Gasteiger partial charge is 0.217 e. The fourth-order valence-corrected chi connectivity index (χ4v) is 2.48. The standard InChI is InChI=1S/C12H25NO/c1-7-8-11(3,4)9-12(5,6)13-10(2)14/h7-9H2,1-6H3,(H,13,14). The Morgan fingerprint density at radius 2 is 1.71 bits per heavy atom. The van der Waals surface area contributed by atoms with E-state index in [-0.39, 0.29) is 11.4 Å². The molecule has 0 spiro atoms. The van der Waals surface area contributed by atoms with E-state index in [0.29, 0.717) is 5.41 Å². The van der Waals surface area contributed by atoms with Crippen LogP contribution in [0.3, 0.4) is 0 Å². The molecule has 2 heteroatoms. The van der Waals surface area contributed by atoms with E-state index < -0.39 is 0 Å². The lowest BCUT2D eigenvalue weighted by atomic mass is 9.77. The number of carbonyl (C=O) groups excluding carboxylic acids is 1. The highest BCUT2D eigenvalue weighted by Gasteiger charge is 2.28. The van der Waals surface area contributed by atoms with Crippen molar-refractivity contribution in [3.8, 4) is 0 Å². The molecule has 0 saturated heterocycles. The van der Waals surface area contributed by atoms with Gasteiger partial charge in [0.25, 0.3) is 0 Å². The molecule has 0 aliphatic carbocycles. The largest absolute Gasteiger partial charge is 0.351 e. The Labute approximate surface area is 88.5 Å². The van der Waals surface area contributed by atoms with Crippen molar-refractivity contribution in [3.05, 3.63) is 0 Å². The Kier molecular flexibility index (Phi) is 4.63. The van der Waals surface area contributed by atoms with Crippen LogP contribution in [0.1, 0.15) is 60.8 Å². The Bertz CT molecular complexity index is 194. The molecule has 0 atom stereocenters. The second-order valence-electron chi connectivity index (χ2n) is 5.66. The van der Waals surface area contributed by atoms with Gasteiger partial charge in [0, 0.05) is 12.5 Å². The Hall–Kier alpha value is -0.530. The maximum Gasteiger partial charge on any atom is 0.217 e. The number of hydrogen-bond donors (Lipinski definition) is 1. The molecular formula is C12H25NO. The maximum atomic E-state index is 11.0. The zero-order valence-electron chi connectivity index (χ0n) is 10.5. The molecule has 0 unspecified atom stereocenters. The van der Waals surface area contributed by atoms with Crippen molar-refractivity contribution < 1.29 is 4.79 Å². The van der Waals surface area contributed by atoms with Gasteiger partial charge in [0.1, 0.15) is 0 Å². The number of carbonyl (C=O) groups is 1. The van der Waals surface area contributed by atoms with Crippen LogP contribution in [0, 0.1) is 5.41 Å². The first-order valence-electron chi connectivity index (χ1n) is 5.47. The summed E-state index contributed by atoms with van der Waals surface area (Å²) in [6.07, 6.45) is 3.42. The number of hydrogen-bond acceptors (Lipinski definition) is 1. The lowest BCUT2D eigenvalue weighted by Gasteiger charge is -2.35. The van der Waals surface area contributed by atoms with Gasteiger partial charge in [-0.25, -0.2) is 0 Å². The number of rotatable bonds is 5. The van der Waals surface area contributed by atoms with Crippen LogP contribution in [-0.2, 0) is 4.79 Å². The molecule has 0 saturated carbocycles. The van der Waals surface area contributed by atoms with Gasteiger partial charge in [0.2, 0.25) is 5.91 Å². The van der Waals surface area contributed by atoms with Crippen LogP contribution in [0.25, 0.3) is 0 Å². The van der Waals surface area contributed by atoms with Crippen LogP contribution < -0.4 is 5.32 Å². The number of nitrogens with one attached hydrogen (secondary N) is 1. The van der Waals surface area contributed by atoms with Crippen LogP contribution in [0.15, 0.2) is 0 Å². The highest BCUT2D eigenvalue weighted by atomic mass is 16.1. The molecule has 1 amide bonds. The van der Waals surface area contributed by atoms with Gasteiger partial charge in [-0.1, -0.05) is 27.2 Å². The minimum atomic E-state index is -0.0928. The van der Waals surface area contributed by atoms with E-state index in [1.54, 1.807) is 6.92 Å². The Balaban J connectivity index is 4.25. The molecule has 0 aromatic carbocycles. The lowest BCUT2D eigenvalue weighted by Crippen LogP contribution is -2.45. The SMILES string of the molecule is CCCC(C)(C)CC(C)(C)NC(C)=O. The highest BCUT2D eigenvalue weighted by Crippen LogP contribution is 2.32. The topological polar surface area (TPSA) is 29.1 Å². The molecule has 0 rings (SSSR count). The second-order valence-corrected chi connectivity index (χ2v) is 5.66. The predicted octanol–water partition coefficient (Wildman–Crippen LogP) is 3.12. The third-order valence-corrected chi connectivity index (χ3v) is 2.36. The van der Waals surface area contributed by atoms with E-state index in [1.807, 2.05) is 0 Å². The molecule has 14 heavy (non-hydrogen) atoms.